The fraction of sp³-hybridized carbons (Fsp3) is 1.00. The molecular formula is C15H24F6O. The minimum Gasteiger partial charge on any atom is -0.374 e. The van der Waals surface area contributed by atoms with Crippen LogP contribution in [-0.4, -0.2) is 23.1 Å². The average Bonchev–Trinajstić information content (AvgIpc) is 2.35. The molecule has 0 aliphatic heterocycles. The highest BCUT2D eigenvalue weighted by atomic mass is 19.4. The van der Waals surface area contributed by atoms with Crippen LogP contribution in [0.25, 0.3) is 0 Å². The summed E-state index contributed by atoms with van der Waals surface area (Å²) in [7, 11) is 0. The summed E-state index contributed by atoms with van der Waals surface area (Å²) >= 11 is 0. The molecule has 0 radical (unpaired) electrons. The molecule has 1 saturated carbocycles. The summed E-state index contributed by atoms with van der Waals surface area (Å²) in [5.41, 5.74) is -4.61. The van der Waals surface area contributed by atoms with E-state index in [9.17, 15) is 31.4 Å². The maximum absolute atomic E-state index is 12.8. The summed E-state index contributed by atoms with van der Waals surface area (Å²) < 4.78 is 76.7. The Balaban J connectivity index is 2.92. The minimum absolute atomic E-state index is 0.106. The SMILES string of the molecule is CCC1CCC(CC(O)(C(F)(F)F)C(F)(F)F)CC1C(C)C. The molecule has 22 heavy (non-hydrogen) atoms. The van der Waals surface area contributed by atoms with Crippen molar-refractivity contribution in [3.63, 3.8) is 0 Å². The third-order valence-corrected chi connectivity index (χ3v) is 5.06. The van der Waals surface area contributed by atoms with E-state index in [0.717, 1.165) is 6.42 Å². The van der Waals surface area contributed by atoms with Crippen molar-refractivity contribution in [3.05, 3.63) is 0 Å². The molecule has 0 spiro atoms. The fourth-order valence-corrected chi connectivity index (χ4v) is 3.68. The molecule has 1 rings (SSSR count). The van der Waals surface area contributed by atoms with Crippen LogP contribution >= 0.6 is 0 Å². The Morgan fingerprint density at radius 1 is 1.00 bits per heavy atom. The van der Waals surface area contributed by atoms with Gasteiger partial charge in [-0.1, -0.05) is 33.6 Å². The predicted octanol–water partition coefficient (Wildman–Crippen LogP) is 5.33. The second-order valence-electron chi connectivity index (χ2n) is 6.82. The van der Waals surface area contributed by atoms with E-state index < -0.39 is 30.3 Å². The van der Waals surface area contributed by atoms with Gasteiger partial charge in [0.1, 0.15) is 0 Å². The molecule has 1 nitrogen and oxygen atoms in total. The Bertz CT molecular complexity index is 346. The van der Waals surface area contributed by atoms with Crippen LogP contribution in [0.3, 0.4) is 0 Å². The van der Waals surface area contributed by atoms with E-state index in [1.54, 1.807) is 0 Å². The summed E-state index contributed by atoms with van der Waals surface area (Å²) in [5.74, 6) is -0.114. The second-order valence-corrected chi connectivity index (χ2v) is 6.82. The molecule has 0 saturated heterocycles. The van der Waals surface area contributed by atoms with Gasteiger partial charge in [-0.25, -0.2) is 0 Å². The van der Waals surface area contributed by atoms with Crippen LogP contribution in [0.4, 0.5) is 26.3 Å². The summed E-state index contributed by atoms with van der Waals surface area (Å²) in [4.78, 5) is 0. The molecular weight excluding hydrogens is 310 g/mol. The van der Waals surface area contributed by atoms with E-state index in [-0.39, 0.29) is 11.8 Å². The van der Waals surface area contributed by atoms with Crippen molar-refractivity contribution < 1.29 is 31.4 Å². The number of hydrogen-bond donors (Lipinski definition) is 1. The standard InChI is InChI=1S/C15H24F6O/c1-4-11-6-5-10(7-12(11)9(2)3)8-13(22,14(16,17)18)15(19,20)21/h9-12,22H,4-8H2,1-3H3. The van der Waals surface area contributed by atoms with Crippen molar-refractivity contribution in [2.45, 2.75) is 70.8 Å². The molecule has 3 unspecified atom stereocenters. The first-order chi connectivity index (χ1) is 9.83. The van der Waals surface area contributed by atoms with Crippen LogP contribution in [0.5, 0.6) is 0 Å². The van der Waals surface area contributed by atoms with Crippen molar-refractivity contribution in [1.82, 2.24) is 0 Å². The zero-order valence-corrected chi connectivity index (χ0v) is 13.1. The Kier molecular flexibility index (Phi) is 5.85. The number of alkyl halides is 6. The highest BCUT2D eigenvalue weighted by molar-refractivity contribution is 4.97. The third kappa shape index (κ3) is 3.89. The highest BCUT2D eigenvalue weighted by Gasteiger charge is 2.70. The maximum Gasteiger partial charge on any atom is 0.426 e. The Morgan fingerprint density at radius 2 is 1.50 bits per heavy atom. The highest BCUT2D eigenvalue weighted by Crippen LogP contribution is 2.50. The lowest BCUT2D eigenvalue weighted by Crippen LogP contribution is -2.58. The van der Waals surface area contributed by atoms with Gasteiger partial charge in [-0.05, 0) is 42.9 Å². The normalized spacial score (nSPS) is 28.2. The predicted molar refractivity (Wildman–Crippen MR) is 71.1 cm³/mol. The van der Waals surface area contributed by atoms with Gasteiger partial charge in [0.25, 0.3) is 5.60 Å². The molecule has 132 valence electrons. The number of rotatable bonds is 4. The molecule has 0 bridgehead atoms. The zero-order valence-electron chi connectivity index (χ0n) is 13.1. The van der Waals surface area contributed by atoms with Gasteiger partial charge in [-0.15, -0.1) is 0 Å². The average molecular weight is 334 g/mol. The molecule has 0 aromatic carbocycles. The van der Waals surface area contributed by atoms with Crippen LogP contribution in [0.2, 0.25) is 0 Å². The molecule has 1 N–H and O–H groups in total. The molecule has 1 fully saturated rings. The van der Waals surface area contributed by atoms with Gasteiger partial charge in [0, 0.05) is 0 Å². The molecule has 1 aliphatic rings. The quantitative estimate of drug-likeness (QED) is 0.689. The first-order valence-electron chi connectivity index (χ1n) is 7.69. The van der Waals surface area contributed by atoms with Gasteiger partial charge in [-0.2, -0.15) is 26.3 Å². The van der Waals surface area contributed by atoms with Crippen molar-refractivity contribution in [2.75, 3.05) is 0 Å². The summed E-state index contributed by atoms with van der Waals surface area (Å²) in [6.45, 7) is 5.87. The lowest BCUT2D eigenvalue weighted by molar-refractivity contribution is -0.373. The van der Waals surface area contributed by atoms with Gasteiger partial charge in [0.05, 0.1) is 0 Å². The van der Waals surface area contributed by atoms with Crippen molar-refractivity contribution in [1.29, 1.82) is 0 Å². The van der Waals surface area contributed by atoms with Crippen LogP contribution in [0.15, 0.2) is 0 Å². The van der Waals surface area contributed by atoms with E-state index in [1.165, 1.54) is 0 Å². The molecule has 7 heteroatoms. The Morgan fingerprint density at radius 3 is 1.86 bits per heavy atom. The summed E-state index contributed by atoms with van der Waals surface area (Å²) in [6, 6.07) is 0. The van der Waals surface area contributed by atoms with Gasteiger partial charge >= 0.3 is 12.4 Å². The van der Waals surface area contributed by atoms with Gasteiger partial charge in [-0.3, -0.25) is 0 Å². The lowest BCUT2D eigenvalue weighted by Gasteiger charge is -2.42. The number of aliphatic hydroxyl groups is 1. The van der Waals surface area contributed by atoms with Gasteiger partial charge in [0.15, 0.2) is 0 Å². The van der Waals surface area contributed by atoms with E-state index in [2.05, 4.69) is 0 Å². The number of hydrogen-bond acceptors (Lipinski definition) is 1. The fourth-order valence-electron chi connectivity index (χ4n) is 3.68. The maximum atomic E-state index is 12.8. The van der Waals surface area contributed by atoms with E-state index in [0.29, 0.717) is 25.2 Å². The van der Waals surface area contributed by atoms with E-state index in [1.807, 2.05) is 20.8 Å². The summed E-state index contributed by atoms with van der Waals surface area (Å²) in [6.07, 6.45) is -10.6. The van der Waals surface area contributed by atoms with Gasteiger partial charge < -0.3 is 5.11 Å². The lowest BCUT2D eigenvalue weighted by atomic mass is 9.66. The molecule has 0 aromatic rings. The van der Waals surface area contributed by atoms with Crippen molar-refractivity contribution >= 4 is 0 Å². The topological polar surface area (TPSA) is 20.2 Å². The smallest absolute Gasteiger partial charge is 0.374 e. The summed E-state index contributed by atoms with van der Waals surface area (Å²) in [5, 5.41) is 9.33. The number of halogens is 6. The zero-order chi connectivity index (χ0) is 17.3. The van der Waals surface area contributed by atoms with E-state index in [4.69, 9.17) is 0 Å². The molecule has 1 aliphatic carbocycles. The first-order valence-corrected chi connectivity index (χ1v) is 7.69. The first kappa shape index (κ1) is 19.6. The van der Waals surface area contributed by atoms with Gasteiger partial charge in [0.2, 0.25) is 0 Å². The molecule has 3 atom stereocenters. The Hall–Kier alpha value is -0.460. The van der Waals surface area contributed by atoms with Crippen LogP contribution in [0.1, 0.15) is 52.9 Å². The second kappa shape index (κ2) is 6.57. The Labute approximate surface area is 127 Å². The molecule has 0 amide bonds. The van der Waals surface area contributed by atoms with Crippen LogP contribution in [-0.2, 0) is 0 Å². The van der Waals surface area contributed by atoms with Crippen molar-refractivity contribution in [2.24, 2.45) is 23.7 Å². The van der Waals surface area contributed by atoms with E-state index >= 15 is 0 Å². The van der Waals surface area contributed by atoms with Crippen molar-refractivity contribution in [3.8, 4) is 0 Å². The minimum atomic E-state index is -5.71. The molecule has 0 aromatic heterocycles. The molecule has 0 heterocycles. The van der Waals surface area contributed by atoms with Crippen LogP contribution < -0.4 is 0 Å². The third-order valence-electron chi connectivity index (χ3n) is 5.06. The monoisotopic (exact) mass is 334 g/mol. The largest absolute Gasteiger partial charge is 0.426 e. The van der Waals surface area contributed by atoms with Crippen LogP contribution in [0, 0.1) is 23.7 Å².